The molecular formula is C10H13N3S4. The molecule has 2 unspecified atom stereocenters. The minimum absolute atomic E-state index is 0.0975. The zero-order valence-corrected chi connectivity index (χ0v) is 12.8. The van der Waals surface area contributed by atoms with Gasteiger partial charge in [-0.2, -0.15) is 0 Å². The van der Waals surface area contributed by atoms with Crippen molar-refractivity contribution in [3.63, 3.8) is 0 Å². The first-order valence-electron chi connectivity index (χ1n) is 5.04. The van der Waals surface area contributed by atoms with E-state index < -0.39 is 0 Å². The van der Waals surface area contributed by atoms with Crippen LogP contribution in [-0.2, 0) is 0 Å². The van der Waals surface area contributed by atoms with Gasteiger partial charge >= 0.3 is 0 Å². The number of nitrogens with zero attached hydrogens (tertiary/aromatic N) is 2. The number of hydrogen-bond donors (Lipinski definition) is 1. The molecule has 0 radical (unpaired) electrons. The smallest absolute Gasteiger partial charge is 0.175 e. The summed E-state index contributed by atoms with van der Waals surface area (Å²) < 4.78 is 1.99. The van der Waals surface area contributed by atoms with E-state index in [2.05, 4.69) is 27.7 Å². The number of nitrogens with two attached hydrogens (primary N) is 1. The third-order valence-electron chi connectivity index (χ3n) is 2.09. The van der Waals surface area contributed by atoms with Crippen LogP contribution >= 0.6 is 46.2 Å². The van der Waals surface area contributed by atoms with Crippen LogP contribution < -0.4 is 5.73 Å². The molecule has 0 saturated carbocycles. The Kier molecular flexibility index (Phi) is 4.87. The van der Waals surface area contributed by atoms with Crippen molar-refractivity contribution in [2.45, 2.75) is 26.9 Å². The van der Waals surface area contributed by atoms with Crippen molar-refractivity contribution in [3.8, 4) is 0 Å². The largest absolute Gasteiger partial charge is 0.327 e. The van der Waals surface area contributed by atoms with Gasteiger partial charge in [0.2, 0.25) is 0 Å². The average molecular weight is 304 g/mol. The van der Waals surface area contributed by atoms with E-state index in [9.17, 15) is 0 Å². The molecule has 0 bridgehead atoms. The van der Waals surface area contributed by atoms with Gasteiger partial charge in [-0.3, -0.25) is 0 Å². The standard InChI is InChI=1S/C10H13N3S4/c1-6(11)8(7-4-3-5-15-7)16-10-13-12-9(14-2)17-10/h3-6,8H,11H2,1-2H3. The molecule has 0 aliphatic carbocycles. The first-order valence-corrected chi connectivity index (χ1v) is 8.84. The third-order valence-corrected chi connectivity index (χ3v) is 6.65. The molecule has 0 fully saturated rings. The van der Waals surface area contributed by atoms with Crippen LogP contribution in [0.15, 0.2) is 26.2 Å². The molecule has 3 nitrogen and oxygen atoms in total. The first kappa shape index (κ1) is 13.4. The molecule has 2 aromatic heterocycles. The molecule has 17 heavy (non-hydrogen) atoms. The lowest BCUT2D eigenvalue weighted by Crippen LogP contribution is -2.21. The van der Waals surface area contributed by atoms with Crippen LogP contribution in [-0.4, -0.2) is 22.5 Å². The molecule has 0 aliphatic heterocycles. The highest BCUT2D eigenvalue weighted by Crippen LogP contribution is 2.41. The minimum atomic E-state index is 0.0975. The van der Waals surface area contributed by atoms with Crippen molar-refractivity contribution >= 4 is 46.2 Å². The van der Waals surface area contributed by atoms with Gasteiger partial charge in [0.05, 0.1) is 5.25 Å². The van der Waals surface area contributed by atoms with Gasteiger partial charge in [-0.05, 0) is 24.6 Å². The Bertz CT molecular complexity index is 452. The molecule has 0 aliphatic rings. The summed E-state index contributed by atoms with van der Waals surface area (Å²) in [6.07, 6.45) is 2.01. The van der Waals surface area contributed by atoms with Gasteiger partial charge in [-0.1, -0.05) is 40.9 Å². The summed E-state index contributed by atoms with van der Waals surface area (Å²) in [7, 11) is 0. The predicted molar refractivity (Wildman–Crippen MR) is 78.3 cm³/mol. The van der Waals surface area contributed by atoms with Gasteiger partial charge in [-0.15, -0.1) is 21.5 Å². The van der Waals surface area contributed by atoms with E-state index in [0.717, 1.165) is 8.68 Å². The molecule has 2 heterocycles. The second-order valence-corrected chi connectivity index (χ2v) is 7.85. The average Bonchev–Trinajstić information content (AvgIpc) is 2.96. The van der Waals surface area contributed by atoms with E-state index in [1.54, 1.807) is 46.2 Å². The highest BCUT2D eigenvalue weighted by atomic mass is 32.2. The van der Waals surface area contributed by atoms with Gasteiger partial charge in [0.15, 0.2) is 8.68 Å². The SMILES string of the molecule is CSc1nnc(SC(c2cccs2)C(C)N)s1. The van der Waals surface area contributed by atoms with E-state index in [-0.39, 0.29) is 11.3 Å². The highest BCUT2D eigenvalue weighted by molar-refractivity contribution is 8.03. The van der Waals surface area contributed by atoms with Crippen molar-refractivity contribution in [3.05, 3.63) is 22.4 Å². The lowest BCUT2D eigenvalue weighted by atomic mass is 10.2. The van der Waals surface area contributed by atoms with Crippen LogP contribution in [0.2, 0.25) is 0 Å². The maximum Gasteiger partial charge on any atom is 0.175 e. The van der Waals surface area contributed by atoms with E-state index >= 15 is 0 Å². The van der Waals surface area contributed by atoms with Crippen LogP contribution in [0.4, 0.5) is 0 Å². The van der Waals surface area contributed by atoms with E-state index in [0.29, 0.717) is 0 Å². The van der Waals surface area contributed by atoms with Gasteiger partial charge in [0, 0.05) is 10.9 Å². The van der Waals surface area contributed by atoms with Crippen molar-refractivity contribution in [1.29, 1.82) is 0 Å². The highest BCUT2D eigenvalue weighted by Gasteiger charge is 2.20. The fraction of sp³-hybridized carbons (Fsp3) is 0.400. The Labute approximate surface area is 117 Å². The second-order valence-electron chi connectivity index (χ2n) is 3.45. The van der Waals surface area contributed by atoms with E-state index in [1.807, 2.05) is 13.2 Å². The Balaban J connectivity index is 2.13. The minimum Gasteiger partial charge on any atom is -0.327 e. The van der Waals surface area contributed by atoms with Crippen molar-refractivity contribution in [1.82, 2.24) is 10.2 Å². The number of hydrogen-bond acceptors (Lipinski definition) is 7. The lowest BCUT2D eigenvalue weighted by Gasteiger charge is -2.16. The van der Waals surface area contributed by atoms with Crippen LogP contribution in [0.1, 0.15) is 17.1 Å². The summed E-state index contributed by atoms with van der Waals surface area (Å²) in [6.45, 7) is 2.04. The summed E-state index contributed by atoms with van der Waals surface area (Å²) in [5.41, 5.74) is 6.05. The van der Waals surface area contributed by atoms with E-state index in [4.69, 9.17) is 5.73 Å². The van der Waals surface area contributed by atoms with Crippen LogP contribution in [0, 0.1) is 0 Å². The quantitative estimate of drug-likeness (QED) is 0.857. The normalized spacial score (nSPS) is 14.8. The van der Waals surface area contributed by atoms with Crippen LogP contribution in [0.3, 0.4) is 0 Å². The van der Waals surface area contributed by atoms with Gasteiger partial charge in [0.1, 0.15) is 0 Å². The van der Waals surface area contributed by atoms with Gasteiger partial charge in [-0.25, -0.2) is 0 Å². The third kappa shape index (κ3) is 3.45. The van der Waals surface area contributed by atoms with Crippen molar-refractivity contribution in [2.75, 3.05) is 6.26 Å². The molecule has 0 amide bonds. The summed E-state index contributed by atoms with van der Waals surface area (Å²) in [4.78, 5) is 1.30. The monoisotopic (exact) mass is 303 g/mol. The second kappa shape index (κ2) is 6.19. The van der Waals surface area contributed by atoms with E-state index in [1.165, 1.54) is 4.88 Å². The van der Waals surface area contributed by atoms with Crippen LogP contribution in [0.5, 0.6) is 0 Å². The molecule has 2 rings (SSSR count). The number of aromatic nitrogens is 2. The zero-order valence-electron chi connectivity index (χ0n) is 9.49. The fourth-order valence-corrected chi connectivity index (χ4v) is 5.06. The summed E-state index contributed by atoms with van der Waals surface area (Å²) >= 11 is 6.70. The maximum absolute atomic E-state index is 6.05. The Morgan fingerprint density at radius 3 is 2.65 bits per heavy atom. The molecule has 2 N–H and O–H groups in total. The number of rotatable bonds is 5. The van der Waals surface area contributed by atoms with Crippen LogP contribution in [0.25, 0.3) is 0 Å². The van der Waals surface area contributed by atoms with Gasteiger partial charge < -0.3 is 5.73 Å². The number of thiophene rings is 1. The van der Waals surface area contributed by atoms with Crippen molar-refractivity contribution < 1.29 is 0 Å². The lowest BCUT2D eigenvalue weighted by molar-refractivity contribution is 0.729. The molecular weight excluding hydrogens is 290 g/mol. The molecule has 7 heteroatoms. The molecule has 92 valence electrons. The summed E-state index contributed by atoms with van der Waals surface area (Å²) in [5.74, 6) is 0. The zero-order chi connectivity index (χ0) is 12.3. The van der Waals surface area contributed by atoms with Crippen molar-refractivity contribution in [2.24, 2.45) is 5.73 Å². The fourth-order valence-electron chi connectivity index (χ4n) is 1.31. The summed E-state index contributed by atoms with van der Waals surface area (Å²) in [5, 5.41) is 10.6. The number of thioether (sulfide) groups is 2. The molecule has 0 spiro atoms. The molecule has 0 aromatic carbocycles. The molecule has 2 aromatic rings. The Morgan fingerprint density at radius 2 is 2.12 bits per heavy atom. The molecule has 2 atom stereocenters. The summed E-state index contributed by atoms with van der Waals surface area (Å²) in [6, 6.07) is 4.28. The predicted octanol–water partition coefficient (Wildman–Crippen LogP) is 3.50. The Morgan fingerprint density at radius 1 is 1.35 bits per heavy atom. The maximum atomic E-state index is 6.05. The Hall–Kier alpha value is -0.0800. The first-order chi connectivity index (χ1) is 8.20. The van der Waals surface area contributed by atoms with Gasteiger partial charge in [0.25, 0.3) is 0 Å². The molecule has 0 saturated heterocycles. The topological polar surface area (TPSA) is 51.8 Å².